The fourth-order valence-electron chi connectivity index (χ4n) is 0.980. The molecule has 0 bridgehead atoms. The maximum Gasteiger partial charge on any atom is 0.320 e. The molecule has 112 valence electrons. The molecule has 18 heavy (non-hydrogen) atoms. The van der Waals surface area contributed by atoms with Gasteiger partial charge in [0.15, 0.2) is 0 Å². The van der Waals surface area contributed by atoms with Crippen molar-refractivity contribution in [2.45, 2.75) is 38.1 Å². The number of nitrogens with one attached hydrogen (secondary N) is 1. The number of carboxylic acids is 1. The smallest absolute Gasteiger partial charge is 0.320 e. The van der Waals surface area contributed by atoms with E-state index in [0.29, 0.717) is 26.1 Å². The number of aliphatic carboxylic acids is 1. The number of hydroxylamine groups is 1. The van der Waals surface area contributed by atoms with E-state index in [1.807, 2.05) is 5.48 Å². The average molecular weight is 268 g/mol. The molecule has 11 N–H and O–H groups in total. The Labute approximate surface area is 108 Å². The van der Waals surface area contributed by atoms with Crippen LogP contribution >= 0.6 is 0 Å². The Bertz CT molecular complexity index is 168. The number of rotatable bonds is 9. The summed E-state index contributed by atoms with van der Waals surface area (Å²) in [6, 6.07) is -0.716. The van der Waals surface area contributed by atoms with Crippen LogP contribution in [-0.4, -0.2) is 47.4 Å². The lowest BCUT2D eigenvalue weighted by Gasteiger charge is -2.03. The summed E-state index contributed by atoms with van der Waals surface area (Å²) in [6.07, 6.45) is 4.10. The third kappa shape index (κ3) is 20.6. The number of carboxylic acid groups (broad SMARTS) is 1. The van der Waals surface area contributed by atoms with Crippen LogP contribution in [0.2, 0.25) is 0 Å². The van der Waals surface area contributed by atoms with Gasteiger partial charge in [0.2, 0.25) is 0 Å². The standard InChI is InChI=1S/C6H14N2O2.C4H12N2O.H2O/c7-4-2-1-3-5(8)6(9)10;5-3-1-2-4-6-7;/h5H,1-4,7-8H2,(H,9,10);6-7H,1-5H2;1H2. The fourth-order valence-corrected chi connectivity index (χ4v) is 0.980. The van der Waals surface area contributed by atoms with Crippen LogP contribution in [0.5, 0.6) is 0 Å². The first-order valence-electron chi connectivity index (χ1n) is 5.85. The van der Waals surface area contributed by atoms with E-state index in [-0.39, 0.29) is 5.48 Å². The lowest BCUT2D eigenvalue weighted by Crippen LogP contribution is -2.29. The Morgan fingerprint density at radius 3 is 2.00 bits per heavy atom. The maximum absolute atomic E-state index is 10.1. The molecule has 0 aromatic rings. The van der Waals surface area contributed by atoms with Gasteiger partial charge < -0.3 is 33.0 Å². The molecule has 0 amide bonds. The molecule has 0 aromatic heterocycles. The van der Waals surface area contributed by atoms with Crippen molar-refractivity contribution in [3.63, 3.8) is 0 Å². The third-order valence-electron chi connectivity index (χ3n) is 2.03. The van der Waals surface area contributed by atoms with Gasteiger partial charge in [-0.2, -0.15) is 0 Å². The molecule has 1 unspecified atom stereocenters. The minimum atomic E-state index is -0.933. The Morgan fingerprint density at radius 1 is 1.11 bits per heavy atom. The van der Waals surface area contributed by atoms with Crippen molar-refractivity contribution in [2.24, 2.45) is 17.2 Å². The topological polar surface area (TPSA) is 179 Å². The minimum Gasteiger partial charge on any atom is -0.480 e. The third-order valence-corrected chi connectivity index (χ3v) is 2.03. The molecule has 0 spiro atoms. The SMILES string of the molecule is NCCCCC(N)C(=O)O.NCCCCNO.O. The average Bonchev–Trinajstić information content (AvgIpc) is 2.30. The number of unbranched alkanes of at least 4 members (excludes halogenated alkanes) is 2. The molecule has 0 rings (SSSR count). The number of hydrogen-bond donors (Lipinski definition) is 6. The molecule has 0 aliphatic rings. The second kappa shape index (κ2) is 18.6. The Kier molecular flexibility index (Phi) is 23.1. The quantitative estimate of drug-likeness (QED) is 0.215. The van der Waals surface area contributed by atoms with Crippen molar-refractivity contribution >= 4 is 5.97 Å². The van der Waals surface area contributed by atoms with Crippen molar-refractivity contribution in [2.75, 3.05) is 19.6 Å². The van der Waals surface area contributed by atoms with Gasteiger partial charge in [0, 0.05) is 6.54 Å². The monoisotopic (exact) mass is 268 g/mol. The first kappa shape index (κ1) is 22.4. The summed E-state index contributed by atoms with van der Waals surface area (Å²) in [5, 5.41) is 16.3. The van der Waals surface area contributed by atoms with E-state index in [4.69, 9.17) is 27.5 Å². The second-order valence-corrected chi connectivity index (χ2v) is 3.63. The van der Waals surface area contributed by atoms with E-state index >= 15 is 0 Å². The van der Waals surface area contributed by atoms with Crippen LogP contribution in [0.25, 0.3) is 0 Å². The van der Waals surface area contributed by atoms with Crippen molar-refractivity contribution in [3.8, 4) is 0 Å². The highest BCUT2D eigenvalue weighted by Gasteiger charge is 2.09. The summed E-state index contributed by atoms with van der Waals surface area (Å²) in [5.41, 5.74) is 17.6. The number of hydrogen-bond acceptors (Lipinski definition) is 6. The Morgan fingerprint density at radius 2 is 1.61 bits per heavy atom. The van der Waals surface area contributed by atoms with Gasteiger partial charge in [-0.05, 0) is 38.8 Å². The zero-order valence-electron chi connectivity index (χ0n) is 10.8. The molecule has 0 aliphatic carbocycles. The van der Waals surface area contributed by atoms with Crippen molar-refractivity contribution in [1.82, 2.24) is 5.48 Å². The van der Waals surface area contributed by atoms with Gasteiger partial charge in [-0.25, -0.2) is 5.48 Å². The van der Waals surface area contributed by atoms with Crippen LogP contribution in [0.3, 0.4) is 0 Å². The van der Waals surface area contributed by atoms with Gasteiger partial charge in [0.1, 0.15) is 6.04 Å². The van der Waals surface area contributed by atoms with Crippen molar-refractivity contribution in [1.29, 1.82) is 0 Å². The van der Waals surface area contributed by atoms with Gasteiger partial charge >= 0.3 is 5.97 Å². The second-order valence-electron chi connectivity index (χ2n) is 3.63. The molecule has 0 aliphatic heterocycles. The first-order valence-corrected chi connectivity index (χ1v) is 5.85. The van der Waals surface area contributed by atoms with Gasteiger partial charge in [-0.3, -0.25) is 4.79 Å². The van der Waals surface area contributed by atoms with Crippen molar-refractivity contribution in [3.05, 3.63) is 0 Å². The number of carbonyl (C=O) groups is 1. The van der Waals surface area contributed by atoms with Crippen LogP contribution in [0, 0.1) is 0 Å². The highest BCUT2D eigenvalue weighted by atomic mass is 16.5. The molecular weight excluding hydrogens is 240 g/mol. The number of nitrogens with two attached hydrogens (primary N) is 3. The van der Waals surface area contributed by atoms with Gasteiger partial charge in [0.05, 0.1) is 0 Å². The van der Waals surface area contributed by atoms with Crippen LogP contribution in [-0.2, 0) is 4.79 Å². The van der Waals surface area contributed by atoms with Crippen LogP contribution in [0.1, 0.15) is 32.1 Å². The van der Waals surface area contributed by atoms with E-state index in [1.165, 1.54) is 0 Å². The zero-order valence-corrected chi connectivity index (χ0v) is 10.8. The summed E-state index contributed by atoms with van der Waals surface area (Å²) in [5.74, 6) is -0.933. The molecule has 0 radical (unpaired) electrons. The highest BCUT2D eigenvalue weighted by Crippen LogP contribution is 1.96. The molecule has 0 saturated carbocycles. The first-order chi connectivity index (χ1) is 8.09. The summed E-state index contributed by atoms with van der Waals surface area (Å²) >= 11 is 0. The molecule has 8 nitrogen and oxygen atoms in total. The molecule has 1 atom stereocenters. The van der Waals surface area contributed by atoms with Crippen LogP contribution < -0.4 is 22.7 Å². The van der Waals surface area contributed by atoms with Gasteiger partial charge in [-0.15, -0.1) is 0 Å². The maximum atomic E-state index is 10.1. The summed E-state index contributed by atoms with van der Waals surface area (Å²) in [6.45, 7) is 1.96. The van der Waals surface area contributed by atoms with E-state index < -0.39 is 12.0 Å². The van der Waals surface area contributed by atoms with E-state index in [0.717, 1.165) is 25.7 Å². The molecule has 8 heteroatoms. The van der Waals surface area contributed by atoms with Crippen LogP contribution in [0.4, 0.5) is 0 Å². The summed E-state index contributed by atoms with van der Waals surface area (Å²) in [7, 11) is 0. The van der Waals surface area contributed by atoms with E-state index in [1.54, 1.807) is 0 Å². The van der Waals surface area contributed by atoms with E-state index in [2.05, 4.69) is 0 Å². The summed E-state index contributed by atoms with van der Waals surface area (Å²) < 4.78 is 0. The molecule has 0 aromatic carbocycles. The Hall–Kier alpha value is -0.770. The van der Waals surface area contributed by atoms with E-state index in [9.17, 15) is 4.79 Å². The normalized spacial score (nSPS) is 10.9. The molecule has 0 heterocycles. The van der Waals surface area contributed by atoms with Gasteiger partial charge in [-0.1, -0.05) is 6.42 Å². The lowest BCUT2D eigenvalue weighted by atomic mass is 10.1. The Balaban J connectivity index is -0.000000251. The highest BCUT2D eigenvalue weighted by molar-refractivity contribution is 5.72. The summed E-state index contributed by atoms with van der Waals surface area (Å²) in [4.78, 5) is 10.1. The van der Waals surface area contributed by atoms with Gasteiger partial charge in [0.25, 0.3) is 0 Å². The van der Waals surface area contributed by atoms with Crippen molar-refractivity contribution < 1.29 is 20.6 Å². The lowest BCUT2D eigenvalue weighted by molar-refractivity contribution is -0.138. The minimum absolute atomic E-state index is 0. The predicted molar refractivity (Wildman–Crippen MR) is 70.2 cm³/mol. The largest absolute Gasteiger partial charge is 0.480 e. The zero-order chi connectivity index (χ0) is 13.5. The fraction of sp³-hybridized carbons (Fsp3) is 0.900. The predicted octanol–water partition coefficient (Wildman–Crippen LogP) is -1.59. The van der Waals surface area contributed by atoms with Crippen LogP contribution in [0.15, 0.2) is 0 Å². The molecule has 0 fully saturated rings. The molecule has 0 saturated heterocycles. The molecular formula is C10H28N4O4.